The van der Waals surface area contributed by atoms with Crippen molar-refractivity contribution in [2.24, 2.45) is 0 Å². The highest BCUT2D eigenvalue weighted by Gasteiger charge is 2.19. The summed E-state index contributed by atoms with van der Waals surface area (Å²) in [7, 11) is 0. The zero-order valence-corrected chi connectivity index (χ0v) is 8.06. The molecular formula is C10H15N3O. The second kappa shape index (κ2) is 4.37. The van der Waals surface area contributed by atoms with Crippen LogP contribution in [0.1, 0.15) is 25.7 Å². The quantitative estimate of drug-likeness (QED) is 0.740. The molecule has 0 aliphatic heterocycles. The normalized spacial score (nSPS) is 27.2. The van der Waals surface area contributed by atoms with Crippen LogP contribution in [0.2, 0.25) is 0 Å². The molecule has 2 atom stereocenters. The van der Waals surface area contributed by atoms with Crippen molar-refractivity contribution < 1.29 is 5.11 Å². The van der Waals surface area contributed by atoms with E-state index in [0.717, 1.165) is 31.5 Å². The minimum Gasteiger partial charge on any atom is -0.393 e. The van der Waals surface area contributed by atoms with Crippen LogP contribution in [0, 0.1) is 0 Å². The Morgan fingerprint density at radius 1 is 1.43 bits per heavy atom. The van der Waals surface area contributed by atoms with Crippen LogP contribution in [0.5, 0.6) is 0 Å². The second-order valence-corrected chi connectivity index (χ2v) is 3.76. The molecule has 1 fully saturated rings. The first kappa shape index (κ1) is 9.40. The van der Waals surface area contributed by atoms with Crippen LogP contribution in [-0.4, -0.2) is 27.2 Å². The van der Waals surface area contributed by atoms with E-state index in [1.54, 1.807) is 6.20 Å². The molecule has 2 unspecified atom stereocenters. The number of aromatic nitrogens is 2. The van der Waals surface area contributed by atoms with Gasteiger partial charge in [-0.05, 0) is 31.7 Å². The number of rotatable bonds is 2. The van der Waals surface area contributed by atoms with E-state index in [0.29, 0.717) is 6.04 Å². The summed E-state index contributed by atoms with van der Waals surface area (Å²) in [6.07, 6.45) is 7.05. The third kappa shape index (κ3) is 2.42. The van der Waals surface area contributed by atoms with Gasteiger partial charge < -0.3 is 10.4 Å². The summed E-state index contributed by atoms with van der Waals surface area (Å²) >= 11 is 0. The molecule has 0 radical (unpaired) electrons. The van der Waals surface area contributed by atoms with E-state index in [9.17, 15) is 5.11 Å². The smallest absolute Gasteiger partial charge is 0.129 e. The predicted molar refractivity (Wildman–Crippen MR) is 53.9 cm³/mol. The first-order chi connectivity index (χ1) is 6.84. The third-order valence-corrected chi connectivity index (χ3v) is 2.58. The van der Waals surface area contributed by atoms with E-state index in [2.05, 4.69) is 15.3 Å². The van der Waals surface area contributed by atoms with E-state index in [-0.39, 0.29) is 6.10 Å². The van der Waals surface area contributed by atoms with E-state index in [1.165, 1.54) is 6.33 Å². The fourth-order valence-electron chi connectivity index (χ4n) is 1.88. The zero-order valence-electron chi connectivity index (χ0n) is 8.06. The Morgan fingerprint density at radius 3 is 3.07 bits per heavy atom. The van der Waals surface area contributed by atoms with Gasteiger partial charge in [-0.1, -0.05) is 0 Å². The Labute approximate surface area is 83.4 Å². The molecule has 0 saturated heterocycles. The van der Waals surface area contributed by atoms with Gasteiger partial charge in [0.1, 0.15) is 12.1 Å². The van der Waals surface area contributed by atoms with Crippen LogP contribution in [0.3, 0.4) is 0 Å². The summed E-state index contributed by atoms with van der Waals surface area (Å²) in [5.41, 5.74) is 0. The van der Waals surface area contributed by atoms with Crippen LogP contribution in [-0.2, 0) is 0 Å². The molecule has 1 aromatic heterocycles. The van der Waals surface area contributed by atoms with E-state index in [1.807, 2.05) is 6.07 Å². The van der Waals surface area contributed by atoms with Gasteiger partial charge in [0.2, 0.25) is 0 Å². The lowest BCUT2D eigenvalue weighted by Crippen LogP contribution is -2.30. The lowest BCUT2D eigenvalue weighted by molar-refractivity contribution is 0.124. The fourth-order valence-corrected chi connectivity index (χ4v) is 1.88. The molecule has 0 spiro atoms. The number of hydrogen-bond donors (Lipinski definition) is 2. The van der Waals surface area contributed by atoms with Crippen molar-refractivity contribution in [1.29, 1.82) is 0 Å². The molecule has 14 heavy (non-hydrogen) atoms. The van der Waals surface area contributed by atoms with Gasteiger partial charge in [0.05, 0.1) is 6.10 Å². The summed E-state index contributed by atoms with van der Waals surface area (Å²) in [6.45, 7) is 0. The number of hydrogen-bond acceptors (Lipinski definition) is 4. The molecule has 1 aliphatic rings. The topological polar surface area (TPSA) is 58.0 Å². The van der Waals surface area contributed by atoms with Gasteiger partial charge in [-0.15, -0.1) is 0 Å². The first-order valence-electron chi connectivity index (χ1n) is 5.05. The summed E-state index contributed by atoms with van der Waals surface area (Å²) < 4.78 is 0. The Balaban J connectivity index is 1.91. The molecule has 4 heteroatoms. The Hall–Kier alpha value is -1.16. The molecule has 0 bridgehead atoms. The zero-order chi connectivity index (χ0) is 9.80. The third-order valence-electron chi connectivity index (χ3n) is 2.58. The highest BCUT2D eigenvalue weighted by atomic mass is 16.3. The Kier molecular flexibility index (Phi) is 2.93. The van der Waals surface area contributed by atoms with Crippen molar-refractivity contribution in [2.45, 2.75) is 37.8 Å². The van der Waals surface area contributed by atoms with Crippen LogP contribution >= 0.6 is 0 Å². The number of aliphatic hydroxyl groups excluding tert-OH is 1. The molecule has 2 rings (SSSR count). The molecule has 2 N–H and O–H groups in total. The van der Waals surface area contributed by atoms with Crippen molar-refractivity contribution in [3.8, 4) is 0 Å². The van der Waals surface area contributed by atoms with Crippen molar-refractivity contribution in [1.82, 2.24) is 9.97 Å². The number of anilines is 1. The minimum atomic E-state index is -0.150. The SMILES string of the molecule is OC1CCCC(Nc2ccncn2)C1. The molecule has 1 aliphatic carbocycles. The summed E-state index contributed by atoms with van der Waals surface area (Å²) in [5, 5.41) is 12.8. The maximum atomic E-state index is 9.48. The average molecular weight is 193 g/mol. The average Bonchev–Trinajstić information content (AvgIpc) is 2.19. The highest BCUT2D eigenvalue weighted by Crippen LogP contribution is 2.20. The molecular weight excluding hydrogens is 178 g/mol. The van der Waals surface area contributed by atoms with Gasteiger partial charge in [-0.3, -0.25) is 0 Å². The lowest BCUT2D eigenvalue weighted by atomic mass is 9.93. The maximum absolute atomic E-state index is 9.48. The van der Waals surface area contributed by atoms with Gasteiger partial charge in [0, 0.05) is 12.2 Å². The maximum Gasteiger partial charge on any atom is 0.129 e. The monoisotopic (exact) mass is 193 g/mol. The van der Waals surface area contributed by atoms with Gasteiger partial charge in [-0.25, -0.2) is 9.97 Å². The first-order valence-corrected chi connectivity index (χ1v) is 5.05. The minimum absolute atomic E-state index is 0.150. The van der Waals surface area contributed by atoms with Crippen LogP contribution in [0.25, 0.3) is 0 Å². The molecule has 4 nitrogen and oxygen atoms in total. The second-order valence-electron chi connectivity index (χ2n) is 3.76. The van der Waals surface area contributed by atoms with E-state index >= 15 is 0 Å². The molecule has 1 heterocycles. The van der Waals surface area contributed by atoms with Crippen LogP contribution < -0.4 is 5.32 Å². The van der Waals surface area contributed by atoms with Gasteiger partial charge in [0.15, 0.2) is 0 Å². The Bertz CT molecular complexity index is 278. The molecule has 1 saturated carbocycles. The number of aliphatic hydroxyl groups is 1. The Morgan fingerprint density at radius 2 is 2.36 bits per heavy atom. The van der Waals surface area contributed by atoms with Gasteiger partial charge in [-0.2, -0.15) is 0 Å². The molecule has 1 aromatic rings. The standard InChI is InChI=1S/C10H15N3O/c14-9-3-1-2-8(6-9)13-10-4-5-11-7-12-10/h4-5,7-9,14H,1-3,6H2,(H,11,12,13). The summed E-state index contributed by atoms with van der Waals surface area (Å²) in [4.78, 5) is 7.95. The van der Waals surface area contributed by atoms with Gasteiger partial charge in [0.25, 0.3) is 0 Å². The van der Waals surface area contributed by atoms with E-state index in [4.69, 9.17) is 0 Å². The number of nitrogens with zero attached hydrogens (tertiary/aromatic N) is 2. The van der Waals surface area contributed by atoms with Gasteiger partial charge >= 0.3 is 0 Å². The highest BCUT2D eigenvalue weighted by molar-refractivity contribution is 5.33. The van der Waals surface area contributed by atoms with Crippen molar-refractivity contribution in [2.75, 3.05) is 5.32 Å². The molecule has 0 aromatic carbocycles. The molecule has 76 valence electrons. The summed E-state index contributed by atoms with van der Waals surface area (Å²) in [5.74, 6) is 0.846. The van der Waals surface area contributed by atoms with Crippen LogP contribution in [0.4, 0.5) is 5.82 Å². The van der Waals surface area contributed by atoms with E-state index < -0.39 is 0 Å². The summed E-state index contributed by atoms with van der Waals surface area (Å²) in [6, 6.07) is 2.20. The molecule has 0 amide bonds. The lowest BCUT2D eigenvalue weighted by Gasteiger charge is -2.26. The fraction of sp³-hybridized carbons (Fsp3) is 0.600. The predicted octanol–water partition coefficient (Wildman–Crippen LogP) is 1.19. The van der Waals surface area contributed by atoms with Crippen LogP contribution in [0.15, 0.2) is 18.6 Å². The largest absolute Gasteiger partial charge is 0.393 e. The van der Waals surface area contributed by atoms with Crippen molar-refractivity contribution in [3.63, 3.8) is 0 Å². The number of nitrogens with one attached hydrogen (secondary N) is 1. The van der Waals surface area contributed by atoms with Crippen molar-refractivity contribution >= 4 is 5.82 Å². The van der Waals surface area contributed by atoms with Crippen molar-refractivity contribution in [3.05, 3.63) is 18.6 Å².